The van der Waals surface area contributed by atoms with Crippen LogP contribution in [0.2, 0.25) is 0 Å². The molecule has 0 aromatic carbocycles. The van der Waals surface area contributed by atoms with Gasteiger partial charge in [-0.05, 0) is 18.4 Å². The Morgan fingerprint density at radius 2 is 1.47 bits per heavy atom. The van der Waals surface area contributed by atoms with Crippen LogP contribution in [0.3, 0.4) is 0 Å². The minimum atomic E-state index is -0.206. The highest BCUT2D eigenvalue weighted by Crippen LogP contribution is 2.21. The van der Waals surface area contributed by atoms with Gasteiger partial charge in [-0.1, -0.05) is 37.4 Å². The highest BCUT2D eigenvalue weighted by atomic mass is 32.2. The van der Waals surface area contributed by atoms with Crippen LogP contribution in [0.5, 0.6) is 0 Å². The van der Waals surface area contributed by atoms with E-state index in [2.05, 4.69) is 0 Å². The van der Waals surface area contributed by atoms with E-state index < -0.39 is 0 Å². The molecule has 0 aliphatic rings. The molecule has 0 aliphatic heterocycles. The van der Waals surface area contributed by atoms with Crippen LogP contribution in [-0.2, 0) is 14.3 Å². The molecule has 5 heteroatoms. The third-order valence-electron chi connectivity index (χ3n) is 1.62. The van der Waals surface area contributed by atoms with Gasteiger partial charge in [-0.3, -0.25) is 9.59 Å². The highest BCUT2D eigenvalue weighted by molar-refractivity contribution is 8.16. The van der Waals surface area contributed by atoms with Gasteiger partial charge in [0.2, 0.25) is 10.2 Å². The van der Waals surface area contributed by atoms with Gasteiger partial charge in [0.1, 0.15) is 11.3 Å². The monoisotopic (exact) mass is 248 g/mol. The van der Waals surface area contributed by atoms with Gasteiger partial charge in [0.15, 0.2) is 0 Å². The summed E-state index contributed by atoms with van der Waals surface area (Å²) < 4.78 is 4.96. The molecule has 0 spiro atoms. The van der Waals surface area contributed by atoms with E-state index in [1.807, 2.05) is 13.8 Å². The van der Waals surface area contributed by atoms with Gasteiger partial charge >= 0.3 is 0 Å². The Hall–Kier alpha value is -0.420. The molecule has 3 nitrogen and oxygen atoms in total. The molecular formula is C10H16O3S2. The fourth-order valence-corrected chi connectivity index (χ4v) is 2.23. The van der Waals surface area contributed by atoms with E-state index in [1.165, 1.54) is 7.11 Å². The summed E-state index contributed by atoms with van der Waals surface area (Å²) in [6, 6.07) is 0. The molecule has 15 heavy (non-hydrogen) atoms. The smallest absolute Gasteiger partial charge is 0.227 e. The van der Waals surface area contributed by atoms with E-state index in [1.54, 1.807) is 6.92 Å². The van der Waals surface area contributed by atoms with Crippen molar-refractivity contribution in [3.8, 4) is 0 Å². The molecule has 86 valence electrons. The van der Waals surface area contributed by atoms with Gasteiger partial charge in [0, 0.05) is 0 Å². The summed E-state index contributed by atoms with van der Waals surface area (Å²) in [6.07, 6.45) is 0. The minimum absolute atomic E-state index is 0.177. The normalized spacial score (nSPS) is 9.60. The Kier molecular flexibility index (Phi) is 7.60. The van der Waals surface area contributed by atoms with Gasteiger partial charge in [-0.15, -0.1) is 0 Å². The Labute approximate surface area is 99.0 Å². The van der Waals surface area contributed by atoms with Crippen molar-refractivity contribution in [3.63, 3.8) is 0 Å². The van der Waals surface area contributed by atoms with E-state index >= 15 is 0 Å². The topological polar surface area (TPSA) is 43.4 Å². The summed E-state index contributed by atoms with van der Waals surface area (Å²) in [5.41, 5.74) is 0.177. The Morgan fingerprint density at radius 3 is 1.73 bits per heavy atom. The number of hydrogen-bond acceptors (Lipinski definition) is 5. The fourth-order valence-electron chi connectivity index (χ4n) is 0.879. The number of rotatable bonds is 5. The maximum Gasteiger partial charge on any atom is 0.227 e. The van der Waals surface area contributed by atoms with Gasteiger partial charge in [-0.25, -0.2) is 0 Å². The summed E-state index contributed by atoms with van der Waals surface area (Å²) in [4.78, 5) is 23.3. The zero-order valence-corrected chi connectivity index (χ0v) is 11.1. The van der Waals surface area contributed by atoms with Crippen LogP contribution in [0.1, 0.15) is 20.8 Å². The zero-order valence-electron chi connectivity index (χ0n) is 9.46. The lowest BCUT2D eigenvalue weighted by atomic mass is 10.3. The second-order valence-corrected chi connectivity index (χ2v) is 5.05. The van der Waals surface area contributed by atoms with Crippen LogP contribution in [0.15, 0.2) is 11.3 Å². The molecule has 0 aromatic heterocycles. The zero-order chi connectivity index (χ0) is 11.8. The van der Waals surface area contributed by atoms with E-state index in [4.69, 9.17) is 4.74 Å². The Balaban J connectivity index is 4.90. The number of hydrogen-bond donors (Lipinski definition) is 0. The third kappa shape index (κ3) is 4.75. The van der Waals surface area contributed by atoms with Crippen molar-refractivity contribution in [1.82, 2.24) is 0 Å². The number of carbonyl (C=O) groups is 2. The van der Waals surface area contributed by atoms with E-state index in [0.717, 1.165) is 23.5 Å². The molecule has 0 saturated carbocycles. The SMILES string of the molecule is CCSC(=O)C(C(=O)SCC)=C(C)OC. The first-order valence-electron chi connectivity index (χ1n) is 4.67. The van der Waals surface area contributed by atoms with Crippen molar-refractivity contribution in [2.24, 2.45) is 0 Å². The minimum Gasteiger partial charge on any atom is -0.500 e. The van der Waals surface area contributed by atoms with Gasteiger partial charge in [0.05, 0.1) is 7.11 Å². The van der Waals surface area contributed by atoms with Gasteiger partial charge in [0.25, 0.3) is 0 Å². The van der Waals surface area contributed by atoms with Crippen LogP contribution in [0.4, 0.5) is 0 Å². The molecular weight excluding hydrogens is 232 g/mol. The molecule has 0 amide bonds. The van der Waals surface area contributed by atoms with Gasteiger partial charge < -0.3 is 4.74 Å². The van der Waals surface area contributed by atoms with Crippen molar-refractivity contribution in [2.75, 3.05) is 18.6 Å². The maximum absolute atomic E-state index is 11.7. The summed E-state index contributed by atoms with van der Waals surface area (Å²) >= 11 is 2.25. The van der Waals surface area contributed by atoms with Crippen LogP contribution in [-0.4, -0.2) is 28.8 Å². The molecule has 0 saturated heterocycles. The predicted octanol–water partition coefficient (Wildman–Crippen LogP) is 2.47. The number of methoxy groups -OCH3 is 1. The average molecular weight is 248 g/mol. The lowest BCUT2D eigenvalue weighted by Gasteiger charge is -2.07. The standard InChI is InChI=1S/C10H16O3S2/c1-5-14-9(11)8(7(3)13-4)10(12)15-6-2/h5-6H2,1-4H3. The highest BCUT2D eigenvalue weighted by Gasteiger charge is 2.21. The quantitative estimate of drug-likeness (QED) is 0.324. The second-order valence-electron chi connectivity index (χ2n) is 2.58. The van der Waals surface area contributed by atoms with Crippen LogP contribution >= 0.6 is 23.5 Å². The molecule has 0 heterocycles. The van der Waals surface area contributed by atoms with E-state index in [-0.39, 0.29) is 15.8 Å². The first-order valence-corrected chi connectivity index (χ1v) is 6.64. The van der Waals surface area contributed by atoms with Crippen molar-refractivity contribution in [3.05, 3.63) is 11.3 Å². The number of carbonyl (C=O) groups excluding carboxylic acids is 2. The van der Waals surface area contributed by atoms with E-state index in [0.29, 0.717) is 17.3 Å². The Morgan fingerprint density at radius 1 is 1.07 bits per heavy atom. The molecule has 0 unspecified atom stereocenters. The largest absolute Gasteiger partial charge is 0.500 e. The van der Waals surface area contributed by atoms with Gasteiger partial charge in [-0.2, -0.15) is 0 Å². The average Bonchev–Trinajstić information content (AvgIpc) is 2.18. The molecule has 0 fully saturated rings. The molecule has 0 rings (SSSR count). The lowest BCUT2D eigenvalue weighted by Crippen LogP contribution is -2.11. The summed E-state index contributed by atoms with van der Waals surface area (Å²) in [5.74, 6) is 1.71. The number of allylic oxidation sites excluding steroid dienone is 1. The molecule has 0 aliphatic carbocycles. The Bertz CT molecular complexity index is 252. The molecule has 0 radical (unpaired) electrons. The third-order valence-corrected chi connectivity index (χ3v) is 3.13. The van der Waals surface area contributed by atoms with Crippen LogP contribution in [0.25, 0.3) is 0 Å². The summed E-state index contributed by atoms with van der Waals surface area (Å²) in [7, 11) is 1.46. The fraction of sp³-hybridized carbons (Fsp3) is 0.600. The molecule has 0 atom stereocenters. The lowest BCUT2D eigenvalue weighted by molar-refractivity contribution is -0.113. The summed E-state index contributed by atoms with van der Waals surface area (Å²) in [6.45, 7) is 5.39. The predicted molar refractivity (Wildman–Crippen MR) is 66.0 cm³/mol. The summed E-state index contributed by atoms with van der Waals surface area (Å²) in [5, 5.41) is -0.411. The molecule has 0 N–H and O–H groups in total. The maximum atomic E-state index is 11.7. The van der Waals surface area contributed by atoms with Crippen molar-refractivity contribution in [1.29, 1.82) is 0 Å². The molecule has 0 aromatic rings. The first kappa shape index (κ1) is 14.6. The first-order chi connectivity index (χ1) is 7.08. The van der Waals surface area contributed by atoms with Crippen LogP contribution in [0, 0.1) is 0 Å². The van der Waals surface area contributed by atoms with Crippen molar-refractivity contribution >= 4 is 33.8 Å². The van der Waals surface area contributed by atoms with Crippen molar-refractivity contribution in [2.45, 2.75) is 20.8 Å². The number of ether oxygens (including phenoxy) is 1. The second kappa shape index (κ2) is 7.82. The van der Waals surface area contributed by atoms with Crippen LogP contribution < -0.4 is 0 Å². The van der Waals surface area contributed by atoms with E-state index in [9.17, 15) is 9.59 Å². The number of thioether (sulfide) groups is 2. The molecule has 0 bridgehead atoms. The van der Waals surface area contributed by atoms with Crippen molar-refractivity contribution < 1.29 is 14.3 Å².